The third kappa shape index (κ3) is 5.64. The summed E-state index contributed by atoms with van der Waals surface area (Å²) in [7, 11) is 0. The minimum Gasteiger partial charge on any atom is -0.422 e. The molecule has 1 rings (SSSR count). The van der Waals surface area contributed by atoms with Gasteiger partial charge in [0.05, 0.1) is 11.4 Å². The smallest absolute Gasteiger partial charge is 0.311 e. The number of anilines is 2. The number of esters is 1. The molecule has 21 heavy (non-hydrogen) atoms. The number of para-hydroxylation sites is 1. The summed E-state index contributed by atoms with van der Waals surface area (Å²) in [4.78, 5) is 13.6. The summed E-state index contributed by atoms with van der Waals surface area (Å²) in [5.41, 5.74) is 7.11. The number of hydrogen-bond donors (Lipinski definition) is 1. The average molecular weight is 333 g/mol. The van der Waals surface area contributed by atoms with Crippen molar-refractivity contribution in [2.45, 2.75) is 37.9 Å². The number of ether oxygens (including phenoxy) is 1. The van der Waals surface area contributed by atoms with Crippen LogP contribution in [-0.4, -0.2) is 29.8 Å². The number of nitrogens with two attached hydrogens (primary N) is 1. The van der Waals surface area contributed by atoms with E-state index >= 15 is 0 Å². The van der Waals surface area contributed by atoms with Crippen LogP contribution in [0, 0.1) is 0 Å². The fourth-order valence-electron chi connectivity index (χ4n) is 1.97. The highest BCUT2D eigenvalue weighted by atomic mass is 35.5. The predicted molar refractivity (Wildman–Crippen MR) is 89.6 cm³/mol. The van der Waals surface area contributed by atoms with E-state index in [1.807, 2.05) is 30.9 Å². The molecule has 0 aliphatic heterocycles. The molecule has 118 valence electrons. The summed E-state index contributed by atoms with van der Waals surface area (Å²) in [6.07, 6.45) is 0.283. The Morgan fingerprint density at radius 3 is 2.33 bits per heavy atom. The maximum Gasteiger partial charge on any atom is 0.311 e. The van der Waals surface area contributed by atoms with Gasteiger partial charge in [0.25, 0.3) is 0 Å². The van der Waals surface area contributed by atoms with E-state index in [0.717, 1.165) is 5.69 Å². The van der Waals surface area contributed by atoms with Crippen molar-refractivity contribution in [2.75, 3.05) is 23.7 Å². The SMILES string of the molecule is CCC(=O)Oc1c(N)cccc1N(CC(C)Cl)CC(C)Cl. The maximum absolute atomic E-state index is 11.6. The van der Waals surface area contributed by atoms with E-state index in [1.165, 1.54) is 0 Å². The molecule has 0 aromatic heterocycles. The molecule has 1 aromatic rings. The number of carbonyl (C=O) groups excluding carboxylic acids is 1. The summed E-state index contributed by atoms with van der Waals surface area (Å²) in [5, 5.41) is -0.145. The Labute approximate surface area is 136 Å². The first kappa shape index (κ1) is 17.9. The lowest BCUT2D eigenvalue weighted by Gasteiger charge is -2.29. The van der Waals surface area contributed by atoms with Crippen LogP contribution >= 0.6 is 23.2 Å². The normalized spacial score (nSPS) is 13.6. The quantitative estimate of drug-likeness (QED) is 0.358. The molecule has 2 unspecified atom stereocenters. The summed E-state index contributed by atoms with van der Waals surface area (Å²) in [6, 6.07) is 5.38. The Bertz CT molecular complexity index is 469. The number of benzene rings is 1. The van der Waals surface area contributed by atoms with Gasteiger partial charge in [-0.25, -0.2) is 0 Å². The van der Waals surface area contributed by atoms with Crippen LogP contribution in [0.2, 0.25) is 0 Å². The molecule has 0 radical (unpaired) electrons. The maximum atomic E-state index is 11.6. The molecule has 0 spiro atoms. The van der Waals surface area contributed by atoms with Crippen LogP contribution in [0.5, 0.6) is 5.75 Å². The highest BCUT2D eigenvalue weighted by Crippen LogP contribution is 2.35. The molecule has 0 amide bonds. The summed E-state index contributed by atoms with van der Waals surface area (Å²) >= 11 is 12.2. The van der Waals surface area contributed by atoms with E-state index in [4.69, 9.17) is 33.7 Å². The molecule has 0 aliphatic carbocycles. The highest BCUT2D eigenvalue weighted by molar-refractivity contribution is 6.21. The lowest BCUT2D eigenvalue weighted by Crippen LogP contribution is -2.34. The molecular weight excluding hydrogens is 311 g/mol. The molecule has 6 heteroatoms. The van der Waals surface area contributed by atoms with Gasteiger partial charge >= 0.3 is 5.97 Å². The third-order valence-electron chi connectivity index (χ3n) is 2.81. The van der Waals surface area contributed by atoms with Gasteiger partial charge in [0.15, 0.2) is 5.75 Å². The predicted octanol–water partition coefficient (Wildman–Crippen LogP) is 3.65. The van der Waals surface area contributed by atoms with Crippen LogP contribution in [0.4, 0.5) is 11.4 Å². The van der Waals surface area contributed by atoms with Gasteiger partial charge in [-0.1, -0.05) is 13.0 Å². The van der Waals surface area contributed by atoms with E-state index in [0.29, 0.717) is 24.5 Å². The van der Waals surface area contributed by atoms with Crippen molar-refractivity contribution < 1.29 is 9.53 Å². The standard InChI is InChI=1S/C15H22Cl2N2O2/c1-4-14(20)21-15-12(18)6-5-7-13(15)19(8-10(2)16)9-11(3)17/h5-7,10-11H,4,8-9,18H2,1-3H3. The Morgan fingerprint density at radius 2 is 1.86 bits per heavy atom. The molecule has 0 fully saturated rings. The second-order valence-electron chi connectivity index (χ2n) is 4.99. The number of hydrogen-bond acceptors (Lipinski definition) is 4. The van der Waals surface area contributed by atoms with E-state index < -0.39 is 0 Å². The minimum absolute atomic E-state index is 0.0726. The largest absolute Gasteiger partial charge is 0.422 e. The van der Waals surface area contributed by atoms with Gasteiger partial charge in [-0.3, -0.25) is 4.79 Å². The number of rotatable bonds is 7. The van der Waals surface area contributed by atoms with Gasteiger partial charge in [0.2, 0.25) is 0 Å². The van der Waals surface area contributed by atoms with Crippen molar-refractivity contribution in [1.29, 1.82) is 0 Å². The Kier molecular flexibility index (Phi) is 7.12. The first-order valence-corrected chi connectivity index (χ1v) is 7.84. The Balaban J connectivity index is 3.16. The van der Waals surface area contributed by atoms with E-state index in [-0.39, 0.29) is 23.1 Å². The van der Waals surface area contributed by atoms with E-state index in [1.54, 1.807) is 13.0 Å². The molecule has 1 aromatic carbocycles. The van der Waals surface area contributed by atoms with E-state index in [9.17, 15) is 4.79 Å². The van der Waals surface area contributed by atoms with Crippen LogP contribution in [-0.2, 0) is 4.79 Å². The van der Waals surface area contributed by atoms with Gasteiger partial charge < -0.3 is 15.4 Å². The van der Waals surface area contributed by atoms with Crippen LogP contribution in [0.15, 0.2) is 18.2 Å². The number of alkyl halides is 2. The second kappa shape index (κ2) is 8.35. The van der Waals surface area contributed by atoms with Crippen molar-refractivity contribution in [3.8, 4) is 5.75 Å². The second-order valence-corrected chi connectivity index (χ2v) is 6.48. The Hall–Kier alpha value is -1.13. The zero-order valence-corrected chi connectivity index (χ0v) is 14.1. The van der Waals surface area contributed by atoms with E-state index in [2.05, 4.69) is 0 Å². The van der Waals surface area contributed by atoms with Gasteiger partial charge in [0, 0.05) is 30.3 Å². The zero-order valence-electron chi connectivity index (χ0n) is 12.6. The van der Waals surface area contributed by atoms with Gasteiger partial charge in [-0.15, -0.1) is 23.2 Å². The van der Waals surface area contributed by atoms with Crippen LogP contribution in [0.25, 0.3) is 0 Å². The third-order valence-corrected chi connectivity index (χ3v) is 3.09. The monoisotopic (exact) mass is 332 g/mol. The summed E-state index contributed by atoms with van der Waals surface area (Å²) in [5.74, 6) is 0.0472. The van der Waals surface area contributed by atoms with Crippen molar-refractivity contribution in [2.24, 2.45) is 0 Å². The van der Waals surface area contributed by atoms with Crippen molar-refractivity contribution in [3.05, 3.63) is 18.2 Å². The highest BCUT2D eigenvalue weighted by Gasteiger charge is 2.19. The molecule has 2 N–H and O–H groups in total. The molecule has 0 aliphatic rings. The molecule has 2 atom stereocenters. The average Bonchev–Trinajstić information content (AvgIpc) is 2.39. The number of halogens is 2. The first-order chi connectivity index (χ1) is 9.85. The lowest BCUT2D eigenvalue weighted by atomic mass is 10.2. The van der Waals surface area contributed by atoms with Gasteiger partial charge in [-0.05, 0) is 26.0 Å². The van der Waals surface area contributed by atoms with Crippen molar-refractivity contribution in [1.82, 2.24) is 0 Å². The lowest BCUT2D eigenvalue weighted by molar-refractivity contribution is -0.133. The number of nitrogen functional groups attached to an aromatic ring is 1. The fraction of sp³-hybridized carbons (Fsp3) is 0.533. The summed E-state index contributed by atoms with van der Waals surface area (Å²) in [6.45, 7) is 6.70. The van der Waals surface area contributed by atoms with Crippen molar-refractivity contribution >= 4 is 40.5 Å². The van der Waals surface area contributed by atoms with Gasteiger partial charge in [0.1, 0.15) is 0 Å². The topological polar surface area (TPSA) is 55.6 Å². The van der Waals surface area contributed by atoms with Crippen molar-refractivity contribution in [3.63, 3.8) is 0 Å². The number of carbonyl (C=O) groups is 1. The molecule has 4 nitrogen and oxygen atoms in total. The fourth-order valence-corrected chi connectivity index (χ4v) is 2.30. The first-order valence-electron chi connectivity index (χ1n) is 6.97. The zero-order chi connectivity index (χ0) is 16.0. The molecule has 0 saturated heterocycles. The molecular formula is C15H22Cl2N2O2. The molecule has 0 heterocycles. The Morgan fingerprint density at radius 1 is 1.29 bits per heavy atom. The molecule has 0 bridgehead atoms. The van der Waals surface area contributed by atoms with Gasteiger partial charge in [-0.2, -0.15) is 0 Å². The molecule has 0 saturated carbocycles. The van der Waals surface area contributed by atoms with Crippen LogP contribution < -0.4 is 15.4 Å². The number of nitrogens with zero attached hydrogens (tertiary/aromatic N) is 1. The van der Waals surface area contributed by atoms with Crippen LogP contribution in [0.1, 0.15) is 27.2 Å². The summed E-state index contributed by atoms with van der Waals surface area (Å²) < 4.78 is 5.38. The minimum atomic E-state index is -0.327. The van der Waals surface area contributed by atoms with Crippen LogP contribution in [0.3, 0.4) is 0 Å².